The van der Waals surface area contributed by atoms with Crippen molar-refractivity contribution < 1.29 is 19.2 Å². The molecular weight excluding hydrogens is 272 g/mol. The highest BCUT2D eigenvalue weighted by Gasteiger charge is 2.43. The van der Waals surface area contributed by atoms with Crippen molar-refractivity contribution in [3.63, 3.8) is 0 Å². The molecule has 0 unspecified atom stereocenters. The average Bonchev–Trinajstić information content (AvgIpc) is 2.74. The maximum absolute atomic E-state index is 12.3. The maximum atomic E-state index is 12.3. The average molecular weight is 288 g/mol. The Morgan fingerprint density at radius 1 is 1.14 bits per heavy atom. The van der Waals surface area contributed by atoms with E-state index in [4.69, 9.17) is 4.84 Å². The fraction of sp³-hybridized carbons (Fsp3) is 0.400. The minimum Gasteiger partial charge on any atom is -0.329 e. The number of hydrogen-bond donors (Lipinski definition) is 1. The smallest absolute Gasteiger partial charge is 0.329 e. The van der Waals surface area contributed by atoms with Gasteiger partial charge in [-0.25, -0.2) is 4.79 Å². The molecule has 2 heterocycles. The van der Waals surface area contributed by atoms with Gasteiger partial charge in [0.1, 0.15) is 0 Å². The Hall–Kier alpha value is -2.21. The lowest BCUT2D eigenvalue weighted by Gasteiger charge is -2.32. The highest BCUT2D eigenvalue weighted by Crippen LogP contribution is 2.31. The van der Waals surface area contributed by atoms with Crippen molar-refractivity contribution in [2.24, 2.45) is 5.41 Å². The van der Waals surface area contributed by atoms with E-state index >= 15 is 0 Å². The van der Waals surface area contributed by atoms with E-state index in [-0.39, 0.29) is 11.1 Å². The normalized spacial score (nSPS) is 20.3. The molecule has 1 aromatic rings. The summed E-state index contributed by atoms with van der Waals surface area (Å²) in [6, 6.07) is 6.44. The molecule has 1 aromatic carbocycles. The number of nitrogens with zero attached hydrogens (tertiary/aromatic N) is 1. The van der Waals surface area contributed by atoms with Gasteiger partial charge in [0.15, 0.2) is 0 Å². The second-order valence-electron chi connectivity index (χ2n) is 5.64. The van der Waals surface area contributed by atoms with Crippen molar-refractivity contribution in [2.45, 2.75) is 19.8 Å². The number of carbonyl (C=O) groups is 3. The third-order valence-corrected chi connectivity index (χ3v) is 4.13. The van der Waals surface area contributed by atoms with Crippen LogP contribution in [0, 0.1) is 5.41 Å². The van der Waals surface area contributed by atoms with Gasteiger partial charge in [-0.05, 0) is 45.0 Å². The fourth-order valence-corrected chi connectivity index (χ4v) is 2.63. The predicted molar refractivity (Wildman–Crippen MR) is 73.2 cm³/mol. The highest BCUT2D eigenvalue weighted by atomic mass is 16.7. The molecule has 0 aliphatic carbocycles. The minimum atomic E-state index is -0.666. The molecule has 0 bridgehead atoms. The Morgan fingerprint density at radius 3 is 2.19 bits per heavy atom. The zero-order valence-electron chi connectivity index (χ0n) is 11.7. The summed E-state index contributed by atoms with van der Waals surface area (Å²) in [5.41, 5.74) is -0.128. The van der Waals surface area contributed by atoms with Crippen molar-refractivity contribution >= 4 is 17.8 Å². The van der Waals surface area contributed by atoms with Gasteiger partial charge in [-0.15, -0.1) is 0 Å². The van der Waals surface area contributed by atoms with E-state index in [9.17, 15) is 14.4 Å². The van der Waals surface area contributed by atoms with Crippen LogP contribution in [0.4, 0.5) is 0 Å². The number of carbonyl (C=O) groups excluding carboxylic acids is 3. The van der Waals surface area contributed by atoms with Crippen LogP contribution in [-0.4, -0.2) is 35.9 Å². The number of piperidine rings is 1. The maximum Gasteiger partial charge on any atom is 0.339 e. The molecule has 0 radical (unpaired) electrons. The summed E-state index contributed by atoms with van der Waals surface area (Å²) in [6.07, 6.45) is 1.24. The Labute approximate surface area is 122 Å². The topological polar surface area (TPSA) is 75.7 Å². The van der Waals surface area contributed by atoms with Gasteiger partial charge in [-0.2, -0.15) is 0 Å². The van der Waals surface area contributed by atoms with Crippen molar-refractivity contribution in [2.75, 3.05) is 13.1 Å². The standard InChI is InChI=1S/C15H16N2O4/c1-15(6-8-16-9-7-15)14(20)21-17-12(18)10-4-2-3-5-11(10)13(17)19/h2-5,16H,6-9H2,1H3. The number of hydroxylamine groups is 2. The number of fused-ring (bicyclic) bond motifs is 1. The molecule has 110 valence electrons. The molecule has 1 fully saturated rings. The molecule has 6 nitrogen and oxygen atoms in total. The summed E-state index contributed by atoms with van der Waals surface area (Å²) >= 11 is 0. The summed E-state index contributed by atoms with van der Waals surface area (Å²) in [5, 5.41) is 3.75. The molecule has 2 aliphatic heterocycles. The Balaban J connectivity index is 1.79. The predicted octanol–water partition coefficient (Wildman–Crippen LogP) is 1.13. The molecule has 21 heavy (non-hydrogen) atoms. The van der Waals surface area contributed by atoms with Crippen molar-refractivity contribution in [3.05, 3.63) is 35.4 Å². The van der Waals surface area contributed by atoms with Gasteiger partial charge in [-0.1, -0.05) is 17.2 Å². The van der Waals surface area contributed by atoms with E-state index in [0.29, 0.717) is 31.0 Å². The lowest BCUT2D eigenvalue weighted by atomic mass is 9.81. The van der Waals surface area contributed by atoms with Gasteiger partial charge in [0.2, 0.25) is 0 Å². The van der Waals surface area contributed by atoms with E-state index in [1.165, 1.54) is 0 Å². The monoisotopic (exact) mass is 288 g/mol. The molecule has 1 saturated heterocycles. The van der Waals surface area contributed by atoms with Gasteiger partial charge < -0.3 is 10.2 Å². The first-order chi connectivity index (χ1) is 10.0. The van der Waals surface area contributed by atoms with E-state index in [0.717, 1.165) is 0 Å². The molecule has 0 spiro atoms. The van der Waals surface area contributed by atoms with Gasteiger partial charge in [0, 0.05) is 0 Å². The SMILES string of the molecule is CC1(C(=O)ON2C(=O)c3ccccc3C2=O)CCNCC1. The number of benzene rings is 1. The van der Waals surface area contributed by atoms with Crippen LogP contribution in [0.25, 0.3) is 0 Å². The molecular formula is C15H16N2O4. The van der Waals surface area contributed by atoms with Crippen molar-refractivity contribution in [3.8, 4) is 0 Å². The Bertz CT molecular complexity index is 585. The zero-order chi connectivity index (χ0) is 15.0. The van der Waals surface area contributed by atoms with Crippen molar-refractivity contribution in [1.29, 1.82) is 0 Å². The largest absolute Gasteiger partial charge is 0.339 e. The first-order valence-electron chi connectivity index (χ1n) is 6.94. The van der Waals surface area contributed by atoms with Crippen LogP contribution in [0.1, 0.15) is 40.5 Å². The van der Waals surface area contributed by atoms with E-state index in [2.05, 4.69) is 5.32 Å². The van der Waals surface area contributed by atoms with Crippen molar-refractivity contribution in [1.82, 2.24) is 10.4 Å². The first kappa shape index (κ1) is 13.8. The van der Waals surface area contributed by atoms with Crippen LogP contribution >= 0.6 is 0 Å². The van der Waals surface area contributed by atoms with Crippen LogP contribution in [0.3, 0.4) is 0 Å². The Kier molecular flexibility index (Phi) is 3.25. The van der Waals surface area contributed by atoms with Crippen LogP contribution in [0.15, 0.2) is 24.3 Å². The summed E-state index contributed by atoms with van der Waals surface area (Å²) in [7, 11) is 0. The Morgan fingerprint density at radius 2 is 1.67 bits per heavy atom. The van der Waals surface area contributed by atoms with Gasteiger partial charge in [-0.3, -0.25) is 9.59 Å². The summed E-state index contributed by atoms with van der Waals surface area (Å²) in [5.74, 6) is -1.69. The zero-order valence-corrected chi connectivity index (χ0v) is 11.7. The van der Waals surface area contributed by atoms with E-state index < -0.39 is 23.2 Å². The molecule has 2 amide bonds. The second kappa shape index (κ2) is 4.96. The minimum absolute atomic E-state index is 0.269. The molecule has 0 aromatic heterocycles. The molecule has 0 atom stereocenters. The highest BCUT2D eigenvalue weighted by molar-refractivity contribution is 6.20. The lowest BCUT2D eigenvalue weighted by Crippen LogP contribution is -2.44. The van der Waals surface area contributed by atoms with Crippen LogP contribution in [-0.2, 0) is 9.63 Å². The van der Waals surface area contributed by atoms with E-state index in [1.54, 1.807) is 31.2 Å². The fourth-order valence-electron chi connectivity index (χ4n) is 2.63. The number of hydrogen-bond acceptors (Lipinski definition) is 5. The summed E-state index contributed by atoms with van der Waals surface area (Å²) in [6.45, 7) is 3.23. The lowest BCUT2D eigenvalue weighted by molar-refractivity contribution is -0.181. The number of nitrogens with one attached hydrogen (secondary N) is 1. The first-order valence-corrected chi connectivity index (χ1v) is 6.94. The molecule has 1 N–H and O–H groups in total. The quantitative estimate of drug-likeness (QED) is 0.826. The second-order valence-corrected chi connectivity index (χ2v) is 5.64. The molecule has 6 heteroatoms. The van der Waals surface area contributed by atoms with Gasteiger partial charge >= 0.3 is 5.97 Å². The van der Waals surface area contributed by atoms with Gasteiger partial charge in [0.05, 0.1) is 16.5 Å². The molecule has 0 saturated carbocycles. The van der Waals surface area contributed by atoms with Crippen LogP contribution in [0.5, 0.6) is 0 Å². The van der Waals surface area contributed by atoms with E-state index in [1.807, 2.05) is 0 Å². The third kappa shape index (κ3) is 2.21. The van der Waals surface area contributed by atoms with Gasteiger partial charge in [0.25, 0.3) is 11.8 Å². The number of imide groups is 1. The molecule has 2 aliphatic rings. The van der Waals surface area contributed by atoms with Crippen LogP contribution < -0.4 is 5.32 Å². The molecule has 3 rings (SSSR count). The number of amides is 2. The third-order valence-electron chi connectivity index (χ3n) is 4.13. The summed E-state index contributed by atoms with van der Waals surface area (Å²) in [4.78, 5) is 41.7. The number of rotatable bonds is 2. The summed E-state index contributed by atoms with van der Waals surface area (Å²) < 4.78 is 0. The van der Waals surface area contributed by atoms with Crippen LogP contribution in [0.2, 0.25) is 0 Å².